The van der Waals surface area contributed by atoms with Crippen molar-refractivity contribution in [3.8, 4) is 17.5 Å². The molecule has 0 spiro atoms. The van der Waals surface area contributed by atoms with Crippen LogP contribution in [0, 0.1) is 11.3 Å². The monoisotopic (exact) mass is 531 g/mol. The molecule has 1 atom stereocenters. The molecule has 0 saturated carbocycles. The third kappa shape index (κ3) is 6.66. The summed E-state index contributed by atoms with van der Waals surface area (Å²) in [5.74, 6) is -1.12. The van der Waals surface area contributed by atoms with E-state index in [-0.39, 0.29) is 17.0 Å². The second-order valence-corrected chi connectivity index (χ2v) is 7.98. The van der Waals surface area contributed by atoms with E-state index in [2.05, 4.69) is 10.4 Å². The average Bonchev–Trinajstić information content (AvgIpc) is 3.10. The number of alkyl halides is 6. The van der Waals surface area contributed by atoms with E-state index in [4.69, 9.17) is 11.6 Å². The summed E-state index contributed by atoms with van der Waals surface area (Å²) in [4.78, 5) is 25.3. The van der Waals surface area contributed by atoms with E-state index in [9.17, 15) is 41.2 Å². The molecule has 1 N–H and O–H groups in total. The van der Waals surface area contributed by atoms with Gasteiger partial charge in [0.1, 0.15) is 12.6 Å². The van der Waals surface area contributed by atoms with Crippen LogP contribution in [0.2, 0.25) is 5.02 Å². The Hall–Kier alpha value is -3.79. The van der Waals surface area contributed by atoms with Gasteiger partial charge in [-0.15, -0.1) is 5.10 Å². The molecule has 3 aromatic rings. The molecular weight excluding hydrogens is 516 g/mol. The van der Waals surface area contributed by atoms with Gasteiger partial charge < -0.3 is 5.32 Å². The number of rotatable bonds is 7. The SMILES string of the molecule is N#CC(NC(=O)Cn1nc(-c2ccc(Cl)cc2)n(CCC(F)(F)F)c1=O)c1cccc(C(F)(F)F)c1. The normalized spacial score (nSPS) is 12.7. The van der Waals surface area contributed by atoms with Gasteiger partial charge in [0, 0.05) is 17.1 Å². The molecule has 0 aliphatic heterocycles. The van der Waals surface area contributed by atoms with E-state index in [0.29, 0.717) is 15.8 Å². The van der Waals surface area contributed by atoms with Gasteiger partial charge in [0.25, 0.3) is 0 Å². The van der Waals surface area contributed by atoms with Gasteiger partial charge in [0.15, 0.2) is 5.82 Å². The van der Waals surface area contributed by atoms with Crippen molar-refractivity contribution < 1.29 is 31.1 Å². The van der Waals surface area contributed by atoms with E-state index < -0.39 is 55.1 Å². The average molecular weight is 532 g/mol. The largest absolute Gasteiger partial charge is 0.416 e. The first-order valence-corrected chi connectivity index (χ1v) is 10.5. The van der Waals surface area contributed by atoms with Crippen molar-refractivity contribution >= 4 is 17.5 Å². The predicted molar refractivity (Wildman–Crippen MR) is 116 cm³/mol. The number of hydrogen-bond donors (Lipinski definition) is 1. The van der Waals surface area contributed by atoms with E-state index in [1.807, 2.05) is 0 Å². The lowest BCUT2D eigenvalue weighted by atomic mass is 10.0. The Morgan fingerprint density at radius 2 is 1.78 bits per heavy atom. The molecule has 1 heterocycles. The van der Waals surface area contributed by atoms with Crippen LogP contribution in [0.25, 0.3) is 11.4 Å². The molecule has 0 radical (unpaired) electrons. The van der Waals surface area contributed by atoms with E-state index >= 15 is 0 Å². The first-order valence-electron chi connectivity index (χ1n) is 10.1. The van der Waals surface area contributed by atoms with Crippen molar-refractivity contribution in [1.29, 1.82) is 5.26 Å². The number of nitrogens with one attached hydrogen (secondary N) is 1. The lowest BCUT2D eigenvalue weighted by molar-refractivity contribution is -0.138. The van der Waals surface area contributed by atoms with Crippen molar-refractivity contribution in [1.82, 2.24) is 19.7 Å². The summed E-state index contributed by atoms with van der Waals surface area (Å²) in [7, 11) is 0. The Morgan fingerprint density at radius 1 is 1.11 bits per heavy atom. The zero-order valence-corrected chi connectivity index (χ0v) is 18.8. The van der Waals surface area contributed by atoms with Gasteiger partial charge in [0.05, 0.1) is 18.1 Å². The molecule has 0 fully saturated rings. The molecule has 1 unspecified atom stereocenters. The molecule has 1 amide bonds. The van der Waals surface area contributed by atoms with Crippen molar-refractivity contribution in [3.05, 3.63) is 75.2 Å². The number of carbonyl (C=O) groups excluding carboxylic acids is 1. The number of nitrogens with zero attached hydrogens (tertiary/aromatic N) is 4. The number of aromatic nitrogens is 3. The van der Waals surface area contributed by atoms with Crippen molar-refractivity contribution in [2.24, 2.45) is 0 Å². The molecule has 190 valence electrons. The topological polar surface area (TPSA) is 92.7 Å². The zero-order valence-electron chi connectivity index (χ0n) is 18.1. The van der Waals surface area contributed by atoms with Crippen LogP contribution in [0.15, 0.2) is 53.3 Å². The molecule has 0 aliphatic carbocycles. The van der Waals surface area contributed by atoms with Gasteiger partial charge in [-0.1, -0.05) is 23.7 Å². The number of halogens is 7. The van der Waals surface area contributed by atoms with Gasteiger partial charge in [-0.05, 0) is 42.0 Å². The van der Waals surface area contributed by atoms with E-state index in [0.717, 1.165) is 16.7 Å². The summed E-state index contributed by atoms with van der Waals surface area (Å²) < 4.78 is 78.7. The van der Waals surface area contributed by atoms with Crippen LogP contribution in [0.5, 0.6) is 0 Å². The number of amides is 1. The third-order valence-electron chi connectivity index (χ3n) is 4.92. The maximum Gasteiger partial charge on any atom is 0.416 e. The quantitative estimate of drug-likeness (QED) is 0.447. The Labute approximate surface area is 204 Å². The highest BCUT2D eigenvalue weighted by molar-refractivity contribution is 6.30. The Kier molecular flexibility index (Phi) is 7.78. The van der Waals surface area contributed by atoms with Gasteiger partial charge in [-0.25, -0.2) is 9.48 Å². The van der Waals surface area contributed by atoms with Crippen LogP contribution < -0.4 is 11.0 Å². The first-order chi connectivity index (χ1) is 16.8. The van der Waals surface area contributed by atoms with Gasteiger partial charge >= 0.3 is 18.0 Å². The molecule has 14 heteroatoms. The highest BCUT2D eigenvalue weighted by Gasteiger charge is 2.31. The third-order valence-corrected chi connectivity index (χ3v) is 5.17. The predicted octanol–water partition coefficient (Wildman–Crippen LogP) is 4.72. The molecule has 3 rings (SSSR count). The van der Waals surface area contributed by atoms with Crippen LogP contribution in [0.1, 0.15) is 23.6 Å². The molecule has 7 nitrogen and oxygen atoms in total. The van der Waals surface area contributed by atoms with Crippen LogP contribution in [0.4, 0.5) is 26.3 Å². The fraction of sp³-hybridized carbons (Fsp3) is 0.273. The van der Waals surface area contributed by atoms with Crippen molar-refractivity contribution in [2.45, 2.75) is 37.9 Å². The lowest BCUT2D eigenvalue weighted by Crippen LogP contribution is -2.35. The summed E-state index contributed by atoms with van der Waals surface area (Å²) in [5, 5.41) is 15.9. The maximum atomic E-state index is 13.0. The Bertz CT molecular complexity index is 1340. The zero-order chi connectivity index (χ0) is 26.7. The molecule has 0 aliphatic rings. The molecule has 2 aromatic carbocycles. The highest BCUT2D eigenvalue weighted by Crippen LogP contribution is 2.30. The number of nitriles is 1. The summed E-state index contributed by atoms with van der Waals surface area (Å²) in [6, 6.07) is 9.68. The number of carbonyl (C=O) groups is 1. The fourth-order valence-corrected chi connectivity index (χ4v) is 3.35. The van der Waals surface area contributed by atoms with Gasteiger partial charge in [-0.3, -0.25) is 9.36 Å². The molecule has 0 bridgehead atoms. The standard InChI is InChI=1S/C22H16ClF6N5O2/c23-16-6-4-13(5-7-16)19-32-34(20(36)33(19)9-8-21(24,25)26)12-18(35)31-17(11-30)14-2-1-3-15(10-14)22(27,28)29/h1-7,10,17H,8-9,12H2,(H,31,35). The molecule has 36 heavy (non-hydrogen) atoms. The first kappa shape index (κ1) is 26.8. The fourth-order valence-electron chi connectivity index (χ4n) is 3.22. The van der Waals surface area contributed by atoms with Crippen molar-refractivity contribution in [2.75, 3.05) is 0 Å². The second-order valence-electron chi connectivity index (χ2n) is 7.54. The van der Waals surface area contributed by atoms with Gasteiger partial charge in [0.2, 0.25) is 5.91 Å². The molecular formula is C22H16ClF6N5O2. The Morgan fingerprint density at radius 3 is 2.36 bits per heavy atom. The van der Waals surface area contributed by atoms with E-state index in [1.165, 1.54) is 30.3 Å². The van der Waals surface area contributed by atoms with Crippen LogP contribution in [0.3, 0.4) is 0 Å². The lowest BCUT2D eigenvalue weighted by Gasteiger charge is -2.14. The minimum atomic E-state index is -4.67. The summed E-state index contributed by atoms with van der Waals surface area (Å²) in [5.41, 5.74) is -1.93. The van der Waals surface area contributed by atoms with Crippen LogP contribution in [-0.2, 0) is 24.1 Å². The van der Waals surface area contributed by atoms with Crippen LogP contribution >= 0.6 is 11.6 Å². The summed E-state index contributed by atoms with van der Waals surface area (Å²) >= 11 is 5.83. The molecule has 0 saturated heterocycles. The number of benzene rings is 2. The number of hydrogen-bond acceptors (Lipinski definition) is 4. The minimum absolute atomic E-state index is 0.148. The minimum Gasteiger partial charge on any atom is -0.335 e. The molecule has 1 aromatic heterocycles. The van der Waals surface area contributed by atoms with Crippen LogP contribution in [-0.4, -0.2) is 26.4 Å². The highest BCUT2D eigenvalue weighted by atomic mass is 35.5. The van der Waals surface area contributed by atoms with Gasteiger partial charge in [-0.2, -0.15) is 31.6 Å². The maximum absolute atomic E-state index is 13.0. The van der Waals surface area contributed by atoms with Crippen molar-refractivity contribution in [3.63, 3.8) is 0 Å². The summed E-state index contributed by atoms with van der Waals surface area (Å²) in [6.45, 7) is -1.57. The summed E-state index contributed by atoms with van der Waals surface area (Å²) in [6.07, 6.45) is -10.6. The second kappa shape index (κ2) is 10.4. The van der Waals surface area contributed by atoms with E-state index in [1.54, 1.807) is 6.07 Å². The Balaban J connectivity index is 1.87. The smallest absolute Gasteiger partial charge is 0.335 e.